The minimum atomic E-state index is -4.52. The summed E-state index contributed by atoms with van der Waals surface area (Å²) in [6, 6.07) is 33.1. The Labute approximate surface area is 332 Å². The monoisotopic (exact) mass is 812 g/mol. The van der Waals surface area contributed by atoms with Crippen LogP contribution in [0.15, 0.2) is 114 Å². The van der Waals surface area contributed by atoms with Crippen LogP contribution in [0, 0.1) is 11.3 Å². The number of nitrogens with one attached hydrogen (secondary N) is 1. The normalized spacial score (nSPS) is 17.8. The third-order valence-corrected chi connectivity index (χ3v) is 11.1. The first-order valence-corrected chi connectivity index (χ1v) is 19.6. The molecular formula is C40H38ClN6O9P. The van der Waals surface area contributed by atoms with Crippen molar-refractivity contribution in [3.63, 3.8) is 0 Å². The molecule has 0 bridgehead atoms. The van der Waals surface area contributed by atoms with Crippen molar-refractivity contribution in [2.45, 2.75) is 36.9 Å². The van der Waals surface area contributed by atoms with Gasteiger partial charge in [0.1, 0.15) is 41.3 Å². The third kappa shape index (κ3) is 8.38. The molecule has 0 aliphatic carbocycles. The van der Waals surface area contributed by atoms with Crippen LogP contribution in [0.3, 0.4) is 0 Å². The van der Waals surface area contributed by atoms with Gasteiger partial charge in [0, 0.05) is 6.42 Å². The summed E-state index contributed by atoms with van der Waals surface area (Å²) in [5, 5.41) is 9.42. The molecule has 0 spiro atoms. The molecule has 6 aromatic rings. The van der Waals surface area contributed by atoms with Crippen LogP contribution in [0.1, 0.15) is 35.8 Å². The molecule has 17 heteroatoms. The van der Waals surface area contributed by atoms with Gasteiger partial charge in [0.15, 0.2) is 11.2 Å². The van der Waals surface area contributed by atoms with Crippen molar-refractivity contribution in [3.8, 4) is 23.3 Å². The lowest BCUT2D eigenvalue weighted by Crippen LogP contribution is -2.38. The molecule has 7 rings (SSSR count). The largest absolute Gasteiger partial charge is 0.530 e. The van der Waals surface area contributed by atoms with Crippen LogP contribution in [0.4, 0.5) is 5.95 Å². The summed E-state index contributed by atoms with van der Waals surface area (Å²) in [5.74, 6) is 1.23. The smallest absolute Gasteiger partial charge is 0.497 e. The lowest BCUT2D eigenvalue weighted by molar-refractivity contribution is -0.0924. The van der Waals surface area contributed by atoms with Crippen LogP contribution in [0.2, 0.25) is 5.02 Å². The second kappa shape index (κ2) is 17.2. The van der Waals surface area contributed by atoms with Gasteiger partial charge in [0.25, 0.3) is 5.56 Å². The van der Waals surface area contributed by atoms with E-state index < -0.39 is 37.4 Å². The van der Waals surface area contributed by atoms with Gasteiger partial charge in [-0.05, 0) is 53.1 Å². The Morgan fingerprint density at radius 3 is 2.23 bits per heavy atom. The second-order valence-electron chi connectivity index (χ2n) is 12.8. The van der Waals surface area contributed by atoms with Crippen LogP contribution in [0.5, 0.6) is 17.2 Å². The number of rotatable bonds is 16. The van der Waals surface area contributed by atoms with Gasteiger partial charge in [-0.3, -0.25) is 23.4 Å². The van der Waals surface area contributed by atoms with E-state index in [1.54, 1.807) is 37.0 Å². The van der Waals surface area contributed by atoms with E-state index in [0.717, 1.165) is 16.7 Å². The van der Waals surface area contributed by atoms with E-state index in [2.05, 4.69) is 15.0 Å². The Balaban J connectivity index is 1.31. The van der Waals surface area contributed by atoms with Gasteiger partial charge in [-0.2, -0.15) is 10.2 Å². The predicted molar refractivity (Wildman–Crippen MR) is 210 cm³/mol. The zero-order valence-electron chi connectivity index (χ0n) is 30.8. The van der Waals surface area contributed by atoms with Gasteiger partial charge >= 0.3 is 7.82 Å². The van der Waals surface area contributed by atoms with E-state index in [1.807, 2.05) is 84.9 Å². The van der Waals surface area contributed by atoms with Crippen molar-refractivity contribution in [1.29, 1.82) is 5.26 Å². The summed E-state index contributed by atoms with van der Waals surface area (Å²) >= 11 is 6.40. The number of anilines is 1. The molecule has 0 radical (unpaired) electrons. The molecule has 294 valence electrons. The number of nitrogens with two attached hydrogens (primary N) is 1. The number of ether oxygens (including phenoxy) is 4. The molecule has 0 saturated carbocycles. The molecule has 1 aliphatic heterocycles. The second-order valence-corrected chi connectivity index (χ2v) is 14.8. The van der Waals surface area contributed by atoms with Gasteiger partial charge in [0.2, 0.25) is 5.95 Å². The van der Waals surface area contributed by atoms with E-state index >= 15 is 0 Å². The Morgan fingerprint density at radius 1 is 0.965 bits per heavy atom. The molecule has 2 aromatic heterocycles. The average Bonchev–Trinajstić information content (AvgIpc) is 3.83. The van der Waals surface area contributed by atoms with Gasteiger partial charge in [-0.25, -0.2) is 9.55 Å². The molecule has 1 aliphatic rings. The maximum Gasteiger partial charge on any atom is 0.530 e. The number of nitrogens with zero attached hydrogens (tertiary/aromatic N) is 4. The Bertz CT molecular complexity index is 2410. The van der Waals surface area contributed by atoms with Crippen molar-refractivity contribution in [1.82, 2.24) is 19.5 Å². The fourth-order valence-corrected chi connectivity index (χ4v) is 8.31. The molecule has 3 heterocycles. The van der Waals surface area contributed by atoms with Crippen LogP contribution in [0.25, 0.3) is 11.2 Å². The number of H-pyrrole nitrogens is 1. The summed E-state index contributed by atoms with van der Waals surface area (Å²) in [5.41, 5.74) is 6.66. The Kier molecular flexibility index (Phi) is 11.9. The first-order chi connectivity index (χ1) is 27.7. The highest BCUT2D eigenvalue weighted by Crippen LogP contribution is 2.54. The molecule has 0 amide bonds. The van der Waals surface area contributed by atoms with Crippen molar-refractivity contribution < 1.29 is 37.1 Å². The van der Waals surface area contributed by atoms with Crippen molar-refractivity contribution in [2.75, 3.05) is 33.2 Å². The molecule has 1 unspecified atom stereocenters. The number of imidazole rings is 1. The topological polar surface area (TPSA) is 195 Å². The SMILES string of the molecule is COc1ccc(C(OC[C@H]2O[C@@H](n3cnc4c(=O)[nH]c(N)nc43)C[C@@H]2OP(=O)(OCCC#N)Oc2ccccc2Cl)(c2ccccc2)c2ccc(OC)cc2)cc1. The first kappa shape index (κ1) is 39.5. The van der Waals surface area contributed by atoms with Gasteiger partial charge in [-0.15, -0.1) is 0 Å². The highest BCUT2D eigenvalue weighted by atomic mass is 35.5. The highest BCUT2D eigenvalue weighted by molar-refractivity contribution is 7.49. The lowest BCUT2D eigenvalue weighted by Gasteiger charge is -2.37. The fraction of sp³-hybridized carbons (Fsp3) is 0.250. The quantitative estimate of drug-likeness (QED) is 0.0568. The first-order valence-electron chi connectivity index (χ1n) is 17.8. The maximum absolute atomic E-state index is 14.5. The standard InChI is InChI=1S/C40H38ClN6O9P/c1-50-29-17-13-27(14-18-29)40(26-9-4-3-5-10-26,28-15-19-30(51-2)20-16-28)52-24-34-33(23-35(54-34)47-25-44-36-37(47)45-39(43)46-38(36)48)56-57(49,53-22-8-21-42)55-32-12-7-6-11-31(32)41/h3-7,9-20,25,33-35H,8,22-24H2,1-2H3,(H3,43,45,46,48)/t33-,34+,35+,57?/m0/s1. The number of aromatic nitrogens is 4. The minimum Gasteiger partial charge on any atom is -0.497 e. The van der Waals surface area contributed by atoms with Gasteiger partial charge < -0.3 is 29.2 Å². The van der Waals surface area contributed by atoms with E-state index in [1.165, 1.54) is 12.4 Å². The van der Waals surface area contributed by atoms with E-state index in [0.29, 0.717) is 11.5 Å². The number of nitriles is 1. The lowest BCUT2D eigenvalue weighted by atomic mass is 9.80. The number of fused-ring (bicyclic) bond motifs is 1. The molecule has 57 heavy (non-hydrogen) atoms. The number of nitrogen functional groups attached to an aromatic ring is 1. The molecule has 3 N–H and O–H groups in total. The summed E-state index contributed by atoms with van der Waals surface area (Å²) < 4.78 is 58.7. The average molecular weight is 813 g/mol. The summed E-state index contributed by atoms with van der Waals surface area (Å²) in [4.78, 5) is 23.7. The number of phosphoric acid groups is 1. The maximum atomic E-state index is 14.5. The number of benzene rings is 4. The fourth-order valence-electron chi connectivity index (χ4n) is 6.65. The highest BCUT2D eigenvalue weighted by Gasteiger charge is 2.47. The van der Waals surface area contributed by atoms with Crippen LogP contribution < -0.4 is 25.3 Å². The number of hydrogen-bond acceptors (Lipinski definition) is 13. The number of phosphoric ester groups is 1. The molecule has 1 fully saturated rings. The van der Waals surface area contributed by atoms with Crippen molar-refractivity contribution >= 4 is 36.5 Å². The minimum absolute atomic E-state index is 0.0365. The van der Waals surface area contributed by atoms with Gasteiger partial charge in [0.05, 0.1) is 51.3 Å². The van der Waals surface area contributed by atoms with Crippen molar-refractivity contribution in [2.24, 2.45) is 0 Å². The van der Waals surface area contributed by atoms with Gasteiger partial charge in [-0.1, -0.05) is 78.3 Å². The summed E-state index contributed by atoms with van der Waals surface area (Å²) in [7, 11) is -1.34. The molecular weight excluding hydrogens is 775 g/mol. The molecule has 4 aromatic carbocycles. The third-order valence-electron chi connectivity index (χ3n) is 9.35. The zero-order valence-corrected chi connectivity index (χ0v) is 32.5. The molecule has 4 atom stereocenters. The Morgan fingerprint density at radius 2 is 1.60 bits per heavy atom. The van der Waals surface area contributed by atoms with Crippen molar-refractivity contribution in [3.05, 3.63) is 142 Å². The number of methoxy groups -OCH3 is 2. The number of para-hydroxylation sites is 1. The zero-order chi connectivity index (χ0) is 40.0. The molecule has 1 saturated heterocycles. The molecule has 15 nitrogen and oxygen atoms in total. The predicted octanol–water partition coefficient (Wildman–Crippen LogP) is 7.17. The van der Waals surface area contributed by atoms with E-state index in [-0.39, 0.29) is 53.9 Å². The van der Waals surface area contributed by atoms with E-state index in [9.17, 15) is 14.6 Å². The Hall–Kier alpha value is -5.72. The summed E-state index contributed by atoms with van der Waals surface area (Å²) in [6.07, 6.45) is -1.53. The number of hydrogen-bond donors (Lipinski definition) is 2. The van der Waals surface area contributed by atoms with E-state index in [4.69, 9.17) is 49.9 Å². The van der Waals surface area contributed by atoms with Crippen LogP contribution in [-0.2, 0) is 28.7 Å². The number of aromatic amines is 1. The number of halogens is 1. The summed E-state index contributed by atoms with van der Waals surface area (Å²) in [6.45, 7) is -0.415. The van der Waals surface area contributed by atoms with Crippen LogP contribution in [-0.4, -0.2) is 59.2 Å². The van der Waals surface area contributed by atoms with Crippen LogP contribution >= 0.6 is 19.4 Å².